The number of aliphatic hydroxyl groups excluding tert-OH is 1. The third-order valence-corrected chi connectivity index (χ3v) is 3.66. The van der Waals surface area contributed by atoms with Crippen molar-refractivity contribution in [1.29, 1.82) is 5.41 Å². The van der Waals surface area contributed by atoms with Crippen molar-refractivity contribution in [2.24, 2.45) is 11.7 Å². The van der Waals surface area contributed by atoms with E-state index in [-0.39, 0.29) is 12.4 Å². The zero-order chi connectivity index (χ0) is 12.1. The van der Waals surface area contributed by atoms with Crippen molar-refractivity contribution in [1.82, 2.24) is 0 Å². The van der Waals surface area contributed by atoms with Crippen LogP contribution in [0.2, 0.25) is 0 Å². The van der Waals surface area contributed by atoms with E-state index in [2.05, 4.69) is 0 Å². The average Bonchev–Trinajstić information content (AvgIpc) is 2.25. The third-order valence-electron chi connectivity index (χ3n) is 2.33. The van der Waals surface area contributed by atoms with Crippen molar-refractivity contribution >= 4 is 17.6 Å². The summed E-state index contributed by atoms with van der Waals surface area (Å²) in [7, 11) is 0. The van der Waals surface area contributed by atoms with Gasteiger partial charge in [-0.3, -0.25) is 5.41 Å². The molecular weight excluding hydrogens is 220 g/mol. The molecule has 4 N–H and O–H groups in total. The molecule has 0 heterocycles. The quantitative estimate of drug-likeness (QED) is 0.417. The van der Waals surface area contributed by atoms with Crippen molar-refractivity contribution in [3.63, 3.8) is 0 Å². The van der Waals surface area contributed by atoms with Crippen molar-refractivity contribution in [3.8, 4) is 0 Å². The summed E-state index contributed by atoms with van der Waals surface area (Å²) in [6.45, 7) is 4.19. The van der Waals surface area contributed by atoms with Crippen LogP contribution in [0.1, 0.15) is 18.1 Å². The highest BCUT2D eigenvalue weighted by Gasteiger charge is 2.05. The molecule has 0 aromatic heterocycles. The second-order valence-corrected chi connectivity index (χ2v) is 5.08. The molecule has 16 heavy (non-hydrogen) atoms. The largest absolute Gasteiger partial charge is 0.396 e. The van der Waals surface area contributed by atoms with E-state index in [1.165, 1.54) is 0 Å². The minimum atomic E-state index is 0.109. The normalized spacial score (nSPS) is 12.4. The number of hydrogen-bond donors (Lipinski definition) is 3. The first-order valence-electron chi connectivity index (χ1n) is 5.23. The number of benzene rings is 1. The fourth-order valence-corrected chi connectivity index (χ4v) is 2.33. The van der Waals surface area contributed by atoms with Crippen LogP contribution >= 0.6 is 11.8 Å². The minimum Gasteiger partial charge on any atom is -0.396 e. The van der Waals surface area contributed by atoms with Gasteiger partial charge >= 0.3 is 0 Å². The van der Waals surface area contributed by atoms with E-state index < -0.39 is 0 Å². The number of amidine groups is 1. The Labute approximate surface area is 101 Å². The molecule has 1 rings (SSSR count). The van der Waals surface area contributed by atoms with E-state index in [1.807, 2.05) is 32.0 Å². The van der Waals surface area contributed by atoms with E-state index >= 15 is 0 Å². The molecule has 0 saturated carbocycles. The Kier molecular flexibility index (Phi) is 4.83. The number of nitrogens with two attached hydrogens (primary N) is 1. The minimum absolute atomic E-state index is 0.109. The molecule has 4 heteroatoms. The standard InChI is InChI=1S/C12H18N2OS/c1-8(6-15)7-16-10-3-4-11(12(13)14)9(2)5-10/h3-5,8,15H,6-7H2,1-2H3,(H3,13,14). The van der Waals surface area contributed by atoms with Gasteiger partial charge in [0.05, 0.1) is 0 Å². The van der Waals surface area contributed by atoms with Crippen LogP contribution in [-0.4, -0.2) is 23.3 Å². The summed E-state index contributed by atoms with van der Waals surface area (Å²) in [4.78, 5) is 1.16. The van der Waals surface area contributed by atoms with Crippen LogP contribution in [0, 0.1) is 18.3 Å². The molecule has 0 bridgehead atoms. The van der Waals surface area contributed by atoms with Gasteiger partial charge in [0.15, 0.2) is 0 Å². The highest BCUT2D eigenvalue weighted by atomic mass is 32.2. The van der Waals surface area contributed by atoms with Gasteiger partial charge in [-0.05, 0) is 36.6 Å². The highest BCUT2D eigenvalue weighted by Crippen LogP contribution is 2.23. The van der Waals surface area contributed by atoms with Crippen molar-refractivity contribution in [3.05, 3.63) is 29.3 Å². The number of nitrogen functional groups attached to an aromatic ring is 1. The van der Waals surface area contributed by atoms with Gasteiger partial charge in [0.1, 0.15) is 5.84 Å². The number of hydrogen-bond acceptors (Lipinski definition) is 3. The van der Waals surface area contributed by atoms with Gasteiger partial charge in [-0.15, -0.1) is 11.8 Å². The molecule has 0 spiro atoms. The van der Waals surface area contributed by atoms with Crippen LogP contribution in [0.15, 0.2) is 23.1 Å². The first kappa shape index (κ1) is 13.1. The van der Waals surface area contributed by atoms with Crippen molar-refractivity contribution in [2.45, 2.75) is 18.7 Å². The Balaban J connectivity index is 2.70. The highest BCUT2D eigenvalue weighted by molar-refractivity contribution is 7.99. The van der Waals surface area contributed by atoms with Crippen molar-refractivity contribution < 1.29 is 5.11 Å². The lowest BCUT2D eigenvalue weighted by atomic mass is 10.1. The Morgan fingerprint density at radius 1 is 1.56 bits per heavy atom. The molecule has 1 aromatic carbocycles. The molecule has 1 aromatic rings. The number of rotatable bonds is 5. The average molecular weight is 238 g/mol. The van der Waals surface area contributed by atoms with Gasteiger partial charge in [-0.1, -0.05) is 6.92 Å². The van der Waals surface area contributed by atoms with Crippen LogP contribution in [0.3, 0.4) is 0 Å². The fraction of sp³-hybridized carbons (Fsp3) is 0.417. The van der Waals surface area contributed by atoms with Crippen LogP contribution in [0.25, 0.3) is 0 Å². The Hall–Kier alpha value is -1.00. The monoisotopic (exact) mass is 238 g/mol. The van der Waals surface area contributed by atoms with Gasteiger partial charge in [-0.2, -0.15) is 0 Å². The third kappa shape index (κ3) is 3.54. The predicted molar refractivity (Wildman–Crippen MR) is 69.2 cm³/mol. The number of nitrogens with one attached hydrogen (secondary N) is 1. The molecule has 3 nitrogen and oxygen atoms in total. The van der Waals surface area contributed by atoms with Gasteiger partial charge < -0.3 is 10.8 Å². The molecule has 0 saturated heterocycles. The molecule has 0 aliphatic rings. The zero-order valence-corrected chi connectivity index (χ0v) is 10.5. The summed E-state index contributed by atoms with van der Waals surface area (Å²) in [5.74, 6) is 1.31. The summed E-state index contributed by atoms with van der Waals surface area (Å²) < 4.78 is 0. The first-order chi connectivity index (χ1) is 7.54. The van der Waals surface area contributed by atoms with E-state index in [1.54, 1.807) is 11.8 Å². The molecule has 0 aliphatic carbocycles. The predicted octanol–water partition coefficient (Wildman–Crippen LogP) is 2.00. The second kappa shape index (κ2) is 5.92. The zero-order valence-electron chi connectivity index (χ0n) is 9.66. The molecular formula is C12H18N2OS. The van der Waals surface area contributed by atoms with E-state index in [4.69, 9.17) is 16.2 Å². The molecule has 0 aliphatic heterocycles. The smallest absolute Gasteiger partial charge is 0.123 e. The Morgan fingerprint density at radius 3 is 2.75 bits per heavy atom. The maximum atomic E-state index is 8.93. The SMILES string of the molecule is Cc1cc(SCC(C)CO)ccc1C(=N)N. The molecule has 1 atom stereocenters. The molecule has 0 fully saturated rings. The van der Waals surface area contributed by atoms with Gasteiger partial charge in [-0.25, -0.2) is 0 Å². The number of aliphatic hydroxyl groups is 1. The molecule has 0 radical (unpaired) electrons. The van der Waals surface area contributed by atoms with Crippen molar-refractivity contribution in [2.75, 3.05) is 12.4 Å². The summed E-state index contributed by atoms with van der Waals surface area (Å²) in [6, 6.07) is 5.88. The number of aryl methyl sites for hydroxylation is 1. The van der Waals surface area contributed by atoms with Gasteiger partial charge in [0, 0.05) is 22.8 Å². The lowest BCUT2D eigenvalue weighted by Gasteiger charge is -2.09. The van der Waals surface area contributed by atoms with E-state index in [9.17, 15) is 0 Å². The maximum absolute atomic E-state index is 8.93. The van der Waals surface area contributed by atoms with E-state index in [0.29, 0.717) is 5.92 Å². The van der Waals surface area contributed by atoms with Crippen LogP contribution in [-0.2, 0) is 0 Å². The Bertz CT molecular complexity index is 379. The topological polar surface area (TPSA) is 70.1 Å². The first-order valence-corrected chi connectivity index (χ1v) is 6.22. The Morgan fingerprint density at radius 2 is 2.25 bits per heavy atom. The fourth-order valence-electron chi connectivity index (χ4n) is 1.32. The molecule has 88 valence electrons. The molecule has 1 unspecified atom stereocenters. The van der Waals surface area contributed by atoms with Crippen LogP contribution < -0.4 is 5.73 Å². The van der Waals surface area contributed by atoms with Gasteiger partial charge in [0.25, 0.3) is 0 Å². The van der Waals surface area contributed by atoms with Gasteiger partial charge in [0.2, 0.25) is 0 Å². The summed E-state index contributed by atoms with van der Waals surface area (Å²) in [5.41, 5.74) is 7.27. The lowest BCUT2D eigenvalue weighted by molar-refractivity contribution is 0.250. The number of thioether (sulfide) groups is 1. The summed E-state index contributed by atoms with van der Waals surface area (Å²) in [5, 5.41) is 16.3. The molecule has 0 amide bonds. The van der Waals surface area contributed by atoms with Crippen LogP contribution in [0.5, 0.6) is 0 Å². The maximum Gasteiger partial charge on any atom is 0.123 e. The summed E-state index contributed by atoms with van der Waals surface area (Å²) in [6.07, 6.45) is 0. The summed E-state index contributed by atoms with van der Waals surface area (Å²) >= 11 is 1.72. The second-order valence-electron chi connectivity index (χ2n) is 3.99. The lowest BCUT2D eigenvalue weighted by Crippen LogP contribution is -2.12. The van der Waals surface area contributed by atoms with Crippen LogP contribution in [0.4, 0.5) is 0 Å². The van der Waals surface area contributed by atoms with E-state index in [0.717, 1.165) is 21.8 Å².